The first-order valence-electron chi connectivity index (χ1n) is 9.03. The highest BCUT2D eigenvalue weighted by Gasteiger charge is 2.19. The molecule has 3 rings (SSSR count). The molecule has 0 radical (unpaired) electrons. The first-order valence-corrected chi connectivity index (χ1v) is 9.91. The lowest BCUT2D eigenvalue weighted by Gasteiger charge is -2.27. The van der Waals surface area contributed by atoms with Gasteiger partial charge < -0.3 is 25.4 Å². The number of rotatable bonds is 7. The van der Waals surface area contributed by atoms with Gasteiger partial charge in [0.15, 0.2) is 0 Å². The number of thiophene rings is 1. The highest BCUT2D eigenvalue weighted by Crippen LogP contribution is 2.29. The molecule has 0 spiro atoms. The highest BCUT2D eigenvalue weighted by molar-refractivity contribution is 7.09. The van der Waals surface area contributed by atoms with Crippen LogP contribution in [0.4, 0.5) is 0 Å². The molecule has 0 bridgehead atoms. The molecule has 0 fully saturated rings. The van der Waals surface area contributed by atoms with Gasteiger partial charge in [-0.25, -0.2) is 9.59 Å². The second-order valence-corrected chi connectivity index (χ2v) is 7.44. The molecule has 1 heterocycles. The molecular formula is C20H25NO6S. The summed E-state index contributed by atoms with van der Waals surface area (Å²) in [7, 11) is 0. The van der Waals surface area contributed by atoms with Crippen molar-refractivity contribution in [3.05, 3.63) is 57.8 Å². The fourth-order valence-electron chi connectivity index (χ4n) is 2.99. The lowest BCUT2D eigenvalue weighted by molar-refractivity contribution is -0.159. The van der Waals surface area contributed by atoms with E-state index in [-0.39, 0.29) is 0 Å². The molecule has 1 aliphatic carbocycles. The van der Waals surface area contributed by atoms with E-state index in [9.17, 15) is 5.11 Å². The number of nitrogens with one attached hydrogen (secondary N) is 1. The number of hydrogen-bond donors (Lipinski definition) is 4. The average Bonchev–Trinajstić information content (AvgIpc) is 3.20. The number of aliphatic hydroxyl groups is 1. The predicted octanol–water partition coefficient (Wildman–Crippen LogP) is 2.45. The van der Waals surface area contributed by atoms with Crippen molar-refractivity contribution in [1.82, 2.24) is 5.32 Å². The van der Waals surface area contributed by atoms with E-state index in [4.69, 9.17) is 24.5 Å². The van der Waals surface area contributed by atoms with E-state index in [0.29, 0.717) is 25.8 Å². The second kappa shape index (κ2) is 11.6. The fraction of sp³-hybridized carbons (Fsp3) is 0.400. The molecule has 2 atom stereocenters. The number of carboxylic acid groups (broad SMARTS) is 2. The third kappa shape index (κ3) is 7.40. The molecule has 2 unspecified atom stereocenters. The third-order valence-electron chi connectivity index (χ3n) is 4.29. The van der Waals surface area contributed by atoms with Crippen molar-refractivity contribution >= 4 is 23.3 Å². The first kappa shape index (κ1) is 22.0. The maximum Gasteiger partial charge on any atom is 0.414 e. The van der Waals surface area contributed by atoms with Gasteiger partial charge in [0.2, 0.25) is 0 Å². The lowest BCUT2D eigenvalue weighted by Crippen LogP contribution is -2.34. The SMILES string of the molecule is O=C(O)C(=O)O.OC(CNC1CCCc2ccccc21)COCc1cccs1. The number of fused-ring (bicyclic) bond motifs is 1. The third-order valence-corrected chi connectivity index (χ3v) is 5.14. The van der Waals surface area contributed by atoms with Gasteiger partial charge in [0.05, 0.1) is 19.3 Å². The summed E-state index contributed by atoms with van der Waals surface area (Å²) < 4.78 is 5.57. The minimum absolute atomic E-state index is 0.358. The molecule has 152 valence electrons. The number of carbonyl (C=O) groups is 2. The van der Waals surface area contributed by atoms with Crippen molar-refractivity contribution in [3.63, 3.8) is 0 Å². The number of aliphatic carboxylic acids is 2. The van der Waals surface area contributed by atoms with E-state index in [2.05, 4.69) is 29.6 Å². The number of hydrogen-bond acceptors (Lipinski definition) is 6. The molecule has 28 heavy (non-hydrogen) atoms. The van der Waals surface area contributed by atoms with Gasteiger partial charge in [0.25, 0.3) is 0 Å². The van der Waals surface area contributed by atoms with E-state index in [1.807, 2.05) is 17.5 Å². The summed E-state index contributed by atoms with van der Waals surface area (Å²) in [4.78, 5) is 19.4. The Kier molecular flexibility index (Phi) is 9.09. The Balaban J connectivity index is 0.000000409. The molecule has 0 amide bonds. The number of aliphatic hydroxyl groups excluding tert-OH is 1. The number of aryl methyl sites for hydroxylation is 1. The molecule has 7 nitrogen and oxygen atoms in total. The molecule has 0 saturated carbocycles. The van der Waals surface area contributed by atoms with Crippen LogP contribution in [0.3, 0.4) is 0 Å². The zero-order valence-corrected chi connectivity index (χ0v) is 16.2. The van der Waals surface area contributed by atoms with Crippen molar-refractivity contribution in [2.75, 3.05) is 13.2 Å². The van der Waals surface area contributed by atoms with Gasteiger partial charge >= 0.3 is 11.9 Å². The summed E-state index contributed by atoms with van der Waals surface area (Å²) in [6.07, 6.45) is 3.05. The summed E-state index contributed by atoms with van der Waals surface area (Å²) in [6, 6.07) is 13.0. The molecule has 8 heteroatoms. The van der Waals surface area contributed by atoms with Crippen LogP contribution in [-0.4, -0.2) is 46.5 Å². The standard InChI is InChI=1S/C18H23NO2S.C2H2O4/c20-15(12-21-13-16-7-4-10-22-16)11-19-18-9-3-6-14-5-1-2-8-17(14)18;3-1(4)2(5)6/h1-2,4-5,7-8,10,15,18-20H,3,6,9,11-13H2;(H,3,4)(H,5,6). The Morgan fingerprint density at radius 1 is 1.18 bits per heavy atom. The highest BCUT2D eigenvalue weighted by atomic mass is 32.1. The van der Waals surface area contributed by atoms with Gasteiger partial charge in [0, 0.05) is 17.5 Å². The predicted molar refractivity (Wildman–Crippen MR) is 105 cm³/mol. The maximum absolute atomic E-state index is 10.1. The first-order chi connectivity index (χ1) is 13.5. The normalized spacial score (nSPS) is 16.4. The van der Waals surface area contributed by atoms with E-state index in [0.717, 1.165) is 6.42 Å². The zero-order valence-electron chi connectivity index (χ0n) is 15.4. The molecule has 1 aliphatic rings. The summed E-state index contributed by atoms with van der Waals surface area (Å²) in [6.45, 7) is 1.53. The van der Waals surface area contributed by atoms with Crippen molar-refractivity contribution in [3.8, 4) is 0 Å². The van der Waals surface area contributed by atoms with Crippen LogP contribution in [0, 0.1) is 0 Å². The quantitative estimate of drug-likeness (QED) is 0.521. The molecule has 4 N–H and O–H groups in total. The summed E-state index contributed by atoms with van der Waals surface area (Å²) in [5, 5.41) is 30.4. The van der Waals surface area contributed by atoms with Crippen molar-refractivity contribution in [2.24, 2.45) is 0 Å². The number of ether oxygens (including phenoxy) is 1. The minimum atomic E-state index is -1.82. The van der Waals surface area contributed by atoms with Gasteiger partial charge in [0.1, 0.15) is 0 Å². The van der Waals surface area contributed by atoms with E-state index < -0.39 is 18.0 Å². The molecule has 0 aliphatic heterocycles. The number of benzene rings is 1. The molecular weight excluding hydrogens is 382 g/mol. The van der Waals surface area contributed by atoms with Crippen LogP contribution >= 0.6 is 11.3 Å². The van der Waals surface area contributed by atoms with Gasteiger partial charge in [-0.1, -0.05) is 30.3 Å². The van der Waals surface area contributed by atoms with Crippen LogP contribution in [0.15, 0.2) is 41.8 Å². The van der Waals surface area contributed by atoms with Crippen molar-refractivity contribution in [1.29, 1.82) is 0 Å². The monoisotopic (exact) mass is 407 g/mol. The van der Waals surface area contributed by atoms with Gasteiger partial charge in [-0.2, -0.15) is 0 Å². The maximum atomic E-state index is 10.1. The Labute approximate surface area is 167 Å². The summed E-state index contributed by atoms with van der Waals surface area (Å²) in [5.74, 6) is -3.65. The van der Waals surface area contributed by atoms with E-state index in [1.54, 1.807) is 11.3 Å². The summed E-state index contributed by atoms with van der Waals surface area (Å²) >= 11 is 1.68. The Hall–Kier alpha value is -2.26. The van der Waals surface area contributed by atoms with Gasteiger partial charge in [-0.05, 0) is 41.8 Å². The minimum Gasteiger partial charge on any atom is -0.473 e. The van der Waals surface area contributed by atoms with Gasteiger partial charge in [-0.3, -0.25) is 0 Å². The largest absolute Gasteiger partial charge is 0.473 e. The molecule has 0 saturated heterocycles. The van der Waals surface area contributed by atoms with E-state index in [1.165, 1.54) is 28.8 Å². The van der Waals surface area contributed by atoms with Crippen LogP contribution in [0.5, 0.6) is 0 Å². The van der Waals surface area contributed by atoms with Crippen molar-refractivity contribution < 1.29 is 29.6 Å². The van der Waals surface area contributed by atoms with Gasteiger partial charge in [-0.15, -0.1) is 11.3 Å². The molecule has 1 aromatic carbocycles. The number of carboxylic acids is 2. The Morgan fingerprint density at radius 3 is 2.61 bits per heavy atom. The Bertz CT molecular complexity index is 737. The smallest absolute Gasteiger partial charge is 0.414 e. The molecule has 2 aromatic rings. The zero-order chi connectivity index (χ0) is 20.4. The van der Waals surface area contributed by atoms with Crippen LogP contribution < -0.4 is 5.32 Å². The van der Waals surface area contributed by atoms with Crippen molar-refractivity contribution in [2.45, 2.75) is 38.0 Å². The Morgan fingerprint density at radius 2 is 1.93 bits per heavy atom. The average molecular weight is 407 g/mol. The van der Waals surface area contributed by atoms with Crippen LogP contribution in [-0.2, 0) is 27.4 Å². The van der Waals surface area contributed by atoms with Crippen LogP contribution in [0.2, 0.25) is 0 Å². The van der Waals surface area contributed by atoms with E-state index >= 15 is 0 Å². The molecule has 1 aromatic heterocycles. The fourth-order valence-corrected chi connectivity index (χ4v) is 3.63. The summed E-state index contributed by atoms with van der Waals surface area (Å²) in [5.41, 5.74) is 2.83. The lowest BCUT2D eigenvalue weighted by atomic mass is 9.88. The van der Waals surface area contributed by atoms with Crippen LogP contribution in [0.25, 0.3) is 0 Å². The van der Waals surface area contributed by atoms with Crippen LogP contribution in [0.1, 0.15) is 34.9 Å². The topological polar surface area (TPSA) is 116 Å². The second-order valence-electron chi connectivity index (χ2n) is 6.41.